The van der Waals surface area contributed by atoms with Crippen molar-refractivity contribution in [2.45, 2.75) is 25.8 Å². The van der Waals surface area contributed by atoms with E-state index in [2.05, 4.69) is 33.4 Å². The number of aryl methyl sites for hydroxylation is 1. The molecule has 0 radical (unpaired) electrons. The molecule has 1 fully saturated rings. The van der Waals surface area contributed by atoms with Crippen LogP contribution in [0.3, 0.4) is 0 Å². The van der Waals surface area contributed by atoms with Gasteiger partial charge in [-0.2, -0.15) is 5.10 Å². The number of likely N-dealkylation sites (tertiary alicyclic amines) is 1. The van der Waals surface area contributed by atoms with Crippen LogP contribution in [0.15, 0.2) is 41.8 Å². The van der Waals surface area contributed by atoms with Gasteiger partial charge in [-0.15, -0.1) is 0 Å². The van der Waals surface area contributed by atoms with Gasteiger partial charge in [0, 0.05) is 45.0 Å². The van der Waals surface area contributed by atoms with E-state index in [1.807, 2.05) is 42.3 Å². The minimum Gasteiger partial charge on any atom is -0.357 e. The zero-order chi connectivity index (χ0) is 16.1. The Hall–Kier alpha value is -2.37. The Labute approximate surface area is 137 Å². The molecule has 0 amide bonds. The first-order valence-electron chi connectivity index (χ1n) is 8.18. The highest BCUT2D eigenvalue weighted by Gasteiger charge is 2.26. The van der Waals surface area contributed by atoms with Crippen molar-refractivity contribution in [3.63, 3.8) is 0 Å². The summed E-state index contributed by atoms with van der Waals surface area (Å²) < 4.78 is 1.87. The van der Waals surface area contributed by atoms with Gasteiger partial charge in [0.05, 0.1) is 18.4 Å². The quantitative estimate of drug-likeness (QED) is 0.690. The normalized spacial score (nSPS) is 18.4. The Morgan fingerprint density at radius 1 is 1.43 bits per heavy atom. The highest BCUT2D eigenvalue weighted by atomic mass is 15.3. The number of nitrogens with one attached hydrogen (secondary N) is 1. The zero-order valence-corrected chi connectivity index (χ0v) is 13.8. The summed E-state index contributed by atoms with van der Waals surface area (Å²) in [6.07, 6.45) is 7.05. The lowest BCUT2D eigenvalue weighted by Gasteiger charge is -2.21. The maximum Gasteiger partial charge on any atom is 0.194 e. The van der Waals surface area contributed by atoms with E-state index in [1.165, 1.54) is 5.56 Å². The van der Waals surface area contributed by atoms with Crippen molar-refractivity contribution >= 4 is 5.96 Å². The molecule has 3 rings (SSSR count). The number of hydrogen-bond donors (Lipinski definition) is 1. The van der Waals surface area contributed by atoms with Crippen molar-refractivity contribution < 1.29 is 0 Å². The molecular weight excluding hydrogens is 288 g/mol. The van der Waals surface area contributed by atoms with Crippen molar-refractivity contribution in [2.24, 2.45) is 12.0 Å². The van der Waals surface area contributed by atoms with E-state index in [4.69, 9.17) is 4.99 Å². The smallest absolute Gasteiger partial charge is 0.194 e. The van der Waals surface area contributed by atoms with Crippen molar-refractivity contribution in [2.75, 3.05) is 19.6 Å². The lowest BCUT2D eigenvalue weighted by molar-refractivity contribution is 0.486. The van der Waals surface area contributed by atoms with Crippen LogP contribution >= 0.6 is 0 Å². The maximum absolute atomic E-state index is 4.75. The van der Waals surface area contributed by atoms with Crippen molar-refractivity contribution in [3.8, 4) is 0 Å². The predicted octanol–water partition coefficient (Wildman–Crippen LogP) is 1.77. The van der Waals surface area contributed by atoms with Crippen LogP contribution in [0.2, 0.25) is 0 Å². The lowest BCUT2D eigenvalue weighted by atomic mass is 10.0. The van der Waals surface area contributed by atoms with E-state index in [1.54, 1.807) is 0 Å². The molecule has 1 aliphatic heterocycles. The molecule has 6 nitrogen and oxygen atoms in total. The molecule has 1 saturated heterocycles. The van der Waals surface area contributed by atoms with Crippen LogP contribution in [-0.4, -0.2) is 45.3 Å². The SMILES string of the molecule is CCNC(=NCc1ccccn1)N1CCC(c2cnn(C)c2)C1. The molecule has 122 valence electrons. The average Bonchev–Trinajstić information content (AvgIpc) is 3.21. The fraction of sp³-hybridized carbons (Fsp3) is 0.471. The van der Waals surface area contributed by atoms with Crippen LogP contribution in [0.25, 0.3) is 0 Å². The highest BCUT2D eigenvalue weighted by molar-refractivity contribution is 5.80. The second kappa shape index (κ2) is 7.26. The Kier molecular flexibility index (Phi) is 4.90. The number of guanidine groups is 1. The third-order valence-corrected chi connectivity index (χ3v) is 4.14. The largest absolute Gasteiger partial charge is 0.357 e. The van der Waals surface area contributed by atoms with Crippen LogP contribution < -0.4 is 5.32 Å². The molecule has 0 aliphatic carbocycles. The summed E-state index contributed by atoms with van der Waals surface area (Å²) in [7, 11) is 1.97. The molecule has 6 heteroatoms. The number of hydrogen-bond acceptors (Lipinski definition) is 3. The van der Waals surface area contributed by atoms with Gasteiger partial charge in [-0.3, -0.25) is 9.67 Å². The van der Waals surface area contributed by atoms with Gasteiger partial charge < -0.3 is 10.2 Å². The first-order valence-corrected chi connectivity index (χ1v) is 8.18. The predicted molar refractivity (Wildman–Crippen MR) is 91.2 cm³/mol. The molecule has 1 N–H and O–H groups in total. The van der Waals surface area contributed by atoms with E-state index in [-0.39, 0.29) is 0 Å². The second-order valence-electron chi connectivity index (χ2n) is 5.87. The molecule has 2 aromatic heterocycles. The molecule has 1 aliphatic rings. The molecule has 1 unspecified atom stereocenters. The molecule has 0 aromatic carbocycles. The topological polar surface area (TPSA) is 58.3 Å². The summed E-state index contributed by atoms with van der Waals surface area (Å²) in [5, 5.41) is 7.69. The molecule has 0 bridgehead atoms. The molecule has 1 atom stereocenters. The first-order chi connectivity index (χ1) is 11.3. The third-order valence-electron chi connectivity index (χ3n) is 4.14. The second-order valence-corrected chi connectivity index (χ2v) is 5.87. The molecule has 3 heterocycles. The standard InChI is InChI=1S/C17H24N6/c1-3-18-17(20-11-16-6-4-5-8-19-16)23-9-7-14(13-23)15-10-21-22(2)12-15/h4-6,8,10,12,14H,3,7,9,11,13H2,1-2H3,(H,18,20). The van der Waals surface area contributed by atoms with Gasteiger partial charge in [0.2, 0.25) is 0 Å². The number of nitrogens with zero attached hydrogens (tertiary/aromatic N) is 5. The van der Waals surface area contributed by atoms with Crippen molar-refractivity contribution in [1.29, 1.82) is 0 Å². The van der Waals surface area contributed by atoms with Gasteiger partial charge in [0.1, 0.15) is 0 Å². The lowest BCUT2D eigenvalue weighted by Crippen LogP contribution is -2.40. The maximum atomic E-state index is 4.75. The van der Waals surface area contributed by atoms with E-state index in [9.17, 15) is 0 Å². The average molecular weight is 312 g/mol. The minimum atomic E-state index is 0.530. The monoisotopic (exact) mass is 312 g/mol. The summed E-state index contributed by atoms with van der Waals surface area (Å²) in [6.45, 7) is 5.59. The molecular formula is C17H24N6. The van der Waals surface area contributed by atoms with Gasteiger partial charge in [-0.25, -0.2) is 4.99 Å². The highest BCUT2D eigenvalue weighted by Crippen LogP contribution is 2.26. The fourth-order valence-electron chi connectivity index (χ4n) is 2.95. The fourth-order valence-corrected chi connectivity index (χ4v) is 2.95. The van der Waals surface area contributed by atoms with E-state index in [0.717, 1.165) is 37.7 Å². The summed E-state index contributed by atoms with van der Waals surface area (Å²) in [4.78, 5) is 11.4. The Bertz CT molecular complexity index is 648. The molecule has 23 heavy (non-hydrogen) atoms. The Morgan fingerprint density at radius 3 is 3.04 bits per heavy atom. The van der Waals surface area contributed by atoms with Gasteiger partial charge in [-0.1, -0.05) is 6.07 Å². The molecule has 0 saturated carbocycles. The van der Waals surface area contributed by atoms with Gasteiger partial charge in [0.15, 0.2) is 5.96 Å². The Balaban J connectivity index is 1.67. The number of rotatable bonds is 4. The van der Waals surface area contributed by atoms with Crippen molar-refractivity contribution in [3.05, 3.63) is 48.0 Å². The van der Waals surface area contributed by atoms with Crippen LogP contribution in [0.5, 0.6) is 0 Å². The van der Waals surface area contributed by atoms with Gasteiger partial charge in [-0.05, 0) is 31.0 Å². The van der Waals surface area contributed by atoms with Gasteiger partial charge >= 0.3 is 0 Å². The molecule has 0 spiro atoms. The zero-order valence-electron chi connectivity index (χ0n) is 13.8. The van der Waals surface area contributed by atoms with Crippen molar-refractivity contribution in [1.82, 2.24) is 25.0 Å². The number of pyridine rings is 1. The number of aromatic nitrogens is 3. The van der Waals surface area contributed by atoms with Gasteiger partial charge in [0.25, 0.3) is 0 Å². The minimum absolute atomic E-state index is 0.530. The van der Waals surface area contributed by atoms with Crippen LogP contribution in [0.4, 0.5) is 0 Å². The third kappa shape index (κ3) is 3.88. The van der Waals surface area contributed by atoms with Crippen LogP contribution in [0, 0.1) is 0 Å². The molecule has 2 aromatic rings. The summed E-state index contributed by atoms with van der Waals surface area (Å²) >= 11 is 0. The number of aliphatic imine (C=N–C) groups is 1. The van der Waals surface area contributed by atoms with Crippen LogP contribution in [0.1, 0.15) is 30.5 Å². The van der Waals surface area contributed by atoms with E-state index < -0.39 is 0 Å². The van der Waals surface area contributed by atoms with Crippen LogP contribution in [-0.2, 0) is 13.6 Å². The first kappa shape index (κ1) is 15.5. The summed E-state index contributed by atoms with van der Waals surface area (Å²) in [5.74, 6) is 1.51. The summed E-state index contributed by atoms with van der Waals surface area (Å²) in [6, 6.07) is 5.94. The van der Waals surface area contributed by atoms with E-state index >= 15 is 0 Å². The Morgan fingerprint density at radius 2 is 2.35 bits per heavy atom. The summed E-state index contributed by atoms with van der Waals surface area (Å²) in [5.41, 5.74) is 2.31. The van der Waals surface area contributed by atoms with E-state index in [0.29, 0.717) is 12.5 Å².